The minimum atomic E-state index is -0.407. The molecule has 0 heterocycles. The maximum absolute atomic E-state index is 10.5. The minimum absolute atomic E-state index is 0.0953. The van der Waals surface area contributed by atoms with Crippen molar-refractivity contribution in [3.63, 3.8) is 0 Å². The molecule has 0 saturated carbocycles. The van der Waals surface area contributed by atoms with E-state index in [1.165, 1.54) is 31.5 Å². The number of rotatable bonds is 10. The Morgan fingerprint density at radius 1 is 1.16 bits per heavy atom. The van der Waals surface area contributed by atoms with Crippen LogP contribution in [0.1, 0.15) is 32.6 Å². The van der Waals surface area contributed by atoms with Gasteiger partial charge in [-0.25, -0.2) is 0 Å². The van der Waals surface area contributed by atoms with Gasteiger partial charge in [-0.2, -0.15) is 0 Å². The first-order chi connectivity index (χ1) is 9.24. The second-order valence-electron chi connectivity index (χ2n) is 4.53. The first-order valence-corrected chi connectivity index (χ1v) is 6.93. The molecular formula is C14H23N2O3+. The molecule has 0 unspecified atom stereocenters. The predicted molar refractivity (Wildman–Crippen MR) is 74.4 cm³/mol. The van der Waals surface area contributed by atoms with E-state index in [9.17, 15) is 10.1 Å². The highest BCUT2D eigenvalue weighted by Crippen LogP contribution is 2.17. The van der Waals surface area contributed by atoms with E-state index in [-0.39, 0.29) is 5.69 Å². The quantitative estimate of drug-likeness (QED) is 0.401. The molecule has 0 aliphatic heterocycles. The van der Waals surface area contributed by atoms with Gasteiger partial charge in [-0.05, 0) is 31.4 Å². The molecule has 0 bridgehead atoms. The van der Waals surface area contributed by atoms with Gasteiger partial charge in [0.2, 0.25) is 0 Å². The van der Waals surface area contributed by atoms with Crippen LogP contribution in [0, 0.1) is 10.1 Å². The number of unbranched alkanes of at least 4 members (excludes halogenated alkanes) is 2. The largest absolute Gasteiger partial charge is 0.494 e. The predicted octanol–water partition coefficient (Wildman–Crippen LogP) is 2.12. The Kier molecular flexibility index (Phi) is 7.58. The van der Waals surface area contributed by atoms with Crippen molar-refractivity contribution in [3.8, 4) is 5.75 Å². The fourth-order valence-electron chi connectivity index (χ4n) is 1.74. The molecule has 0 aromatic heterocycles. The Balaban J connectivity index is 2.07. The number of hydrogen-bond acceptors (Lipinski definition) is 3. The SMILES string of the molecule is CCCC[NH2+]CCCCOc1ccc([N+](=O)[O-])cc1. The van der Waals surface area contributed by atoms with Crippen molar-refractivity contribution in [2.45, 2.75) is 32.6 Å². The third-order valence-electron chi connectivity index (χ3n) is 2.88. The normalized spacial score (nSPS) is 10.4. The van der Waals surface area contributed by atoms with Crippen LogP contribution in [-0.2, 0) is 0 Å². The number of nitrogens with two attached hydrogens (primary N) is 1. The number of benzene rings is 1. The Morgan fingerprint density at radius 2 is 1.84 bits per heavy atom. The molecule has 0 amide bonds. The summed E-state index contributed by atoms with van der Waals surface area (Å²) in [4.78, 5) is 10.1. The van der Waals surface area contributed by atoms with Crippen LogP contribution >= 0.6 is 0 Å². The van der Waals surface area contributed by atoms with Crippen molar-refractivity contribution in [3.05, 3.63) is 34.4 Å². The van der Waals surface area contributed by atoms with Gasteiger partial charge in [-0.3, -0.25) is 10.1 Å². The maximum atomic E-state index is 10.5. The molecule has 1 aromatic carbocycles. The van der Waals surface area contributed by atoms with Crippen molar-refractivity contribution in [1.29, 1.82) is 0 Å². The van der Waals surface area contributed by atoms with Crippen LogP contribution < -0.4 is 10.1 Å². The van der Waals surface area contributed by atoms with E-state index in [1.807, 2.05) is 0 Å². The summed E-state index contributed by atoms with van der Waals surface area (Å²) in [6.07, 6.45) is 4.68. The fourth-order valence-corrected chi connectivity index (χ4v) is 1.74. The van der Waals surface area contributed by atoms with Crippen LogP contribution in [0.2, 0.25) is 0 Å². The van der Waals surface area contributed by atoms with E-state index < -0.39 is 4.92 Å². The third-order valence-corrected chi connectivity index (χ3v) is 2.88. The van der Waals surface area contributed by atoms with Crippen molar-refractivity contribution in [2.24, 2.45) is 0 Å². The zero-order chi connectivity index (χ0) is 13.9. The number of quaternary nitrogens is 1. The lowest BCUT2D eigenvalue weighted by atomic mass is 10.3. The zero-order valence-corrected chi connectivity index (χ0v) is 11.5. The molecule has 0 saturated heterocycles. The molecule has 0 aliphatic rings. The number of nitro groups is 1. The average Bonchev–Trinajstić information content (AvgIpc) is 2.42. The van der Waals surface area contributed by atoms with Gasteiger partial charge in [-0.15, -0.1) is 0 Å². The van der Waals surface area contributed by atoms with Gasteiger partial charge >= 0.3 is 0 Å². The maximum Gasteiger partial charge on any atom is 0.269 e. The number of hydrogen-bond donors (Lipinski definition) is 1. The van der Waals surface area contributed by atoms with Gasteiger partial charge in [0.05, 0.1) is 24.6 Å². The first kappa shape index (κ1) is 15.4. The van der Waals surface area contributed by atoms with Crippen LogP contribution in [0.3, 0.4) is 0 Å². The molecule has 0 radical (unpaired) electrons. The highest BCUT2D eigenvalue weighted by molar-refractivity contribution is 5.35. The Bertz CT molecular complexity index is 365. The Labute approximate surface area is 114 Å². The molecule has 106 valence electrons. The van der Waals surface area contributed by atoms with Gasteiger partial charge < -0.3 is 10.1 Å². The lowest BCUT2D eigenvalue weighted by Crippen LogP contribution is -2.84. The molecule has 0 fully saturated rings. The number of ether oxygens (including phenoxy) is 1. The standard InChI is InChI=1S/C14H22N2O3/c1-2-3-10-15-11-4-5-12-19-14-8-6-13(7-9-14)16(17)18/h6-9,15H,2-5,10-12H2,1H3/p+1. The second kappa shape index (κ2) is 9.33. The molecule has 0 atom stereocenters. The van der Waals surface area contributed by atoms with E-state index >= 15 is 0 Å². The topological polar surface area (TPSA) is 69.0 Å². The van der Waals surface area contributed by atoms with Gasteiger partial charge in [-0.1, -0.05) is 13.3 Å². The summed E-state index contributed by atoms with van der Waals surface area (Å²) in [5.41, 5.74) is 0.0953. The summed E-state index contributed by atoms with van der Waals surface area (Å²) in [7, 11) is 0. The Hall–Kier alpha value is -1.62. The molecule has 2 N–H and O–H groups in total. The lowest BCUT2D eigenvalue weighted by molar-refractivity contribution is -0.655. The van der Waals surface area contributed by atoms with E-state index in [0.717, 1.165) is 19.4 Å². The summed E-state index contributed by atoms with van der Waals surface area (Å²) in [6.45, 7) is 5.22. The van der Waals surface area contributed by atoms with Gasteiger partial charge in [0, 0.05) is 12.1 Å². The molecule has 0 spiro atoms. The third kappa shape index (κ3) is 6.76. The molecule has 19 heavy (non-hydrogen) atoms. The first-order valence-electron chi connectivity index (χ1n) is 6.93. The number of nitrogens with zero attached hydrogens (tertiary/aromatic N) is 1. The summed E-state index contributed by atoms with van der Waals surface area (Å²) in [5, 5.41) is 12.8. The molecule has 1 rings (SSSR count). The van der Waals surface area contributed by atoms with Gasteiger partial charge in [0.1, 0.15) is 5.75 Å². The summed E-state index contributed by atoms with van der Waals surface area (Å²) in [5.74, 6) is 0.695. The summed E-state index contributed by atoms with van der Waals surface area (Å²) >= 11 is 0. The summed E-state index contributed by atoms with van der Waals surface area (Å²) in [6, 6.07) is 6.22. The van der Waals surface area contributed by atoms with Crippen molar-refractivity contribution in [2.75, 3.05) is 19.7 Å². The fraction of sp³-hybridized carbons (Fsp3) is 0.571. The van der Waals surface area contributed by atoms with E-state index in [2.05, 4.69) is 12.2 Å². The van der Waals surface area contributed by atoms with Crippen LogP contribution in [0.5, 0.6) is 5.75 Å². The Morgan fingerprint density at radius 3 is 2.47 bits per heavy atom. The van der Waals surface area contributed by atoms with Gasteiger partial charge in [0.25, 0.3) is 5.69 Å². The molecule has 5 nitrogen and oxygen atoms in total. The molecule has 1 aromatic rings. The molecular weight excluding hydrogens is 244 g/mol. The highest BCUT2D eigenvalue weighted by Gasteiger charge is 2.03. The zero-order valence-electron chi connectivity index (χ0n) is 11.5. The van der Waals surface area contributed by atoms with E-state index in [0.29, 0.717) is 12.4 Å². The molecule has 0 aliphatic carbocycles. The lowest BCUT2D eigenvalue weighted by Gasteiger charge is -2.05. The second-order valence-corrected chi connectivity index (χ2v) is 4.53. The van der Waals surface area contributed by atoms with Crippen LogP contribution in [0.4, 0.5) is 5.69 Å². The van der Waals surface area contributed by atoms with Crippen molar-refractivity contribution < 1.29 is 15.0 Å². The number of non-ortho nitro benzene ring substituents is 1. The monoisotopic (exact) mass is 267 g/mol. The van der Waals surface area contributed by atoms with Crippen LogP contribution in [0.15, 0.2) is 24.3 Å². The van der Waals surface area contributed by atoms with Crippen molar-refractivity contribution >= 4 is 5.69 Å². The molecule has 5 heteroatoms. The van der Waals surface area contributed by atoms with Crippen LogP contribution in [-0.4, -0.2) is 24.6 Å². The number of nitro benzene ring substituents is 1. The van der Waals surface area contributed by atoms with E-state index in [4.69, 9.17) is 4.74 Å². The smallest absolute Gasteiger partial charge is 0.269 e. The minimum Gasteiger partial charge on any atom is -0.494 e. The average molecular weight is 267 g/mol. The summed E-state index contributed by atoms with van der Waals surface area (Å²) < 4.78 is 5.53. The van der Waals surface area contributed by atoms with Gasteiger partial charge in [0.15, 0.2) is 0 Å². The van der Waals surface area contributed by atoms with Crippen molar-refractivity contribution in [1.82, 2.24) is 0 Å². The van der Waals surface area contributed by atoms with Crippen LogP contribution in [0.25, 0.3) is 0 Å². The van der Waals surface area contributed by atoms with E-state index in [1.54, 1.807) is 12.1 Å². The highest BCUT2D eigenvalue weighted by atomic mass is 16.6.